The first-order valence-corrected chi connectivity index (χ1v) is 21.1. The Kier molecular flexibility index (Phi) is 17.3. The molecule has 0 bridgehead atoms. The Bertz CT molecular complexity index is 1310. The van der Waals surface area contributed by atoms with Gasteiger partial charge >= 0.3 is 0 Å². The second kappa shape index (κ2) is 21.6. The fourth-order valence-electron chi connectivity index (χ4n) is 7.87. The van der Waals surface area contributed by atoms with E-state index in [0.717, 1.165) is 36.3 Å². The lowest BCUT2D eigenvalue weighted by molar-refractivity contribution is -0.124. The molecule has 0 saturated carbocycles. The number of furan rings is 1. The van der Waals surface area contributed by atoms with Crippen molar-refractivity contribution in [3.05, 3.63) is 57.7 Å². The predicted molar refractivity (Wildman–Crippen MR) is 207 cm³/mol. The van der Waals surface area contributed by atoms with E-state index in [4.69, 9.17) is 4.42 Å². The molecule has 2 aromatic heterocycles. The van der Waals surface area contributed by atoms with Gasteiger partial charge in [0.15, 0.2) is 5.76 Å². The molecule has 2 unspecified atom stereocenters. The van der Waals surface area contributed by atoms with Crippen LogP contribution in [0, 0.1) is 11.8 Å². The van der Waals surface area contributed by atoms with Crippen molar-refractivity contribution >= 4 is 34.5 Å². The molecule has 0 aromatic carbocycles. The van der Waals surface area contributed by atoms with Crippen molar-refractivity contribution in [2.24, 2.45) is 11.8 Å². The number of unbranched alkanes of at least 4 members (excludes halogenated alkanes) is 13. The SMILES string of the molecule is CCCCCCCCC(CCCCCC)CN1C(=O)C2=C(c3cccs3)N(CC(CCCCC)CCCCCC)C(=O)C2=C1c1ccco1. The van der Waals surface area contributed by atoms with Gasteiger partial charge in [0, 0.05) is 13.1 Å². The highest BCUT2D eigenvalue weighted by atomic mass is 32.1. The maximum Gasteiger partial charge on any atom is 0.261 e. The first-order chi connectivity index (χ1) is 24.0. The van der Waals surface area contributed by atoms with Gasteiger partial charge in [-0.2, -0.15) is 0 Å². The van der Waals surface area contributed by atoms with E-state index < -0.39 is 0 Å². The Morgan fingerprint density at radius 2 is 1.02 bits per heavy atom. The molecule has 5 nitrogen and oxygen atoms in total. The van der Waals surface area contributed by atoms with E-state index >= 15 is 0 Å². The van der Waals surface area contributed by atoms with Gasteiger partial charge in [-0.25, -0.2) is 0 Å². The zero-order valence-electron chi connectivity index (χ0n) is 31.4. The van der Waals surface area contributed by atoms with Crippen LogP contribution in [0.15, 0.2) is 51.5 Å². The summed E-state index contributed by atoms with van der Waals surface area (Å²) in [6.45, 7) is 10.4. The average molecular weight is 691 g/mol. The molecule has 0 N–H and O–H groups in total. The zero-order chi connectivity index (χ0) is 34.8. The van der Waals surface area contributed by atoms with Crippen LogP contribution in [0.3, 0.4) is 0 Å². The molecule has 0 fully saturated rings. The molecule has 2 aliphatic rings. The fourth-order valence-corrected chi connectivity index (χ4v) is 8.65. The quantitative estimate of drug-likeness (QED) is 0.0877. The predicted octanol–water partition coefficient (Wildman–Crippen LogP) is 12.7. The summed E-state index contributed by atoms with van der Waals surface area (Å²) >= 11 is 1.63. The van der Waals surface area contributed by atoms with E-state index in [-0.39, 0.29) is 11.8 Å². The molecule has 4 heterocycles. The lowest BCUT2D eigenvalue weighted by Crippen LogP contribution is -2.34. The molecule has 0 saturated heterocycles. The fraction of sp³-hybridized carbons (Fsp3) is 0.674. The topological polar surface area (TPSA) is 53.8 Å². The van der Waals surface area contributed by atoms with E-state index in [1.54, 1.807) is 17.6 Å². The van der Waals surface area contributed by atoms with Crippen LogP contribution in [-0.4, -0.2) is 34.7 Å². The van der Waals surface area contributed by atoms with Gasteiger partial charge in [0.2, 0.25) is 0 Å². The minimum Gasteiger partial charge on any atom is -0.463 e. The van der Waals surface area contributed by atoms with E-state index in [1.165, 1.54) is 109 Å². The van der Waals surface area contributed by atoms with Crippen LogP contribution in [0.2, 0.25) is 0 Å². The van der Waals surface area contributed by atoms with Crippen LogP contribution in [0.5, 0.6) is 0 Å². The average Bonchev–Trinajstić information content (AvgIpc) is 3.92. The van der Waals surface area contributed by atoms with Gasteiger partial charge < -0.3 is 14.2 Å². The van der Waals surface area contributed by atoms with Crippen molar-refractivity contribution in [3.63, 3.8) is 0 Å². The molecule has 0 spiro atoms. The Hall–Kier alpha value is -2.60. The lowest BCUT2D eigenvalue weighted by Gasteiger charge is -2.29. The number of fused-ring (bicyclic) bond motifs is 1. The monoisotopic (exact) mass is 690 g/mol. The van der Waals surface area contributed by atoms with Gasteiger partial charge in [0.1, 0.15) is 5.70 Å². The maximum atomic E-state index is 14.8. The molecule has 0 aliphatic carbocycles. The van der Waals surface area contributed by atoms with Crippen molar-refractivity contribution in [2.75, 3.05) is 13.1 Å². The highest BCUT2D eigenvalue weighted by Gasteiger charge is 2.50. The van der Waals surface area contributed by atoms with E-state index in [0.29, 0.717) is 47.5 Å². The van der Waals surface area contributed by atoms with E-state index in [2.05, 4.69) is 39.1 Å². The van der Waals surface area contributed by atoms with Crippen molar-refractivity contribution in [3.8, 4) is 0 Å². The van der Waals surface area contributed by atoms with E-state index in [1.807, 2.05) is 28.0 Å². The number of nitrogens with zero attached hydrogens (tertiary/aromatic N) is 2. The van der Waals surface area contributed by atoms with Gasteiger partial charge in [-0.1, -0.05) is 143 Å². The molecular weight excluding hydrogens is 625 g/mol. The van der Waals surface area contributed by atoms with Gasteiger partial charge in [0.25, 0.3) is 11.8 Å². The third kappa shape index (κ3) is 10.9. The van der Waals surface area contributed by atoms with Gasteiger partial charge in [-0.3, -0.25) is 9.59 Å². The number of carbonyl (C=O) groups excluding carboxylic acids is 2. The minimum absolute atomic E-state index is 0.0207. The van der Waals surface area contributed by atoms with Crippen LogP contribution in [0.4, 0.5) is 0 Å². The summed E-state index contributed by atoms with van der Waals surface area (Å²) in [5, 5.41) is 2.06. The molecule has 49 heavy (non-hydrogen) atoms. The Labute approximate surface area is 302 Å². The van der Waals surface area contributed by atoms with Crippen LogP contribution < -0.4 is 0 Å². The third-order valence-corrected chi connectivity index (χ3v) is 11.6. The molecule has 2 aliphatic heterocycles. The van der Waals surface area contributed by atoms with Gasteiger partial charge in [0.05, 0.1) is 28.0 Å². The number of thiophene rings is 1. The second-order valence-electron chi connectivity index (χ2n) is 14.7. The van der Waals surface area contributed by atoms with Crippen LogP contribution in [0.1, 0.15) is 173 Å². The summed E-state index contributed by atoms with van der Waals surface area (Å²) < 4.78 is 6.02. The molecule has 272 valence electrons. The lowest BCUT2D eigenvalue weighted by atomic mass is 9.93. The summed E-state index contributed by atoms with van der Waals surface area (Å²) in [4.78, 5) is 34.5. The molecular formula is C43H66N2O3S. The highest BCUT2D eigenvalue weighted by Crippen LogP contribution is 2.48. The van der Waals surface area contributed by atoms with Crippen LogP contribution in [-0.2, 0) is 9.59 Å². The Morgan fingerprint density at radius 3 is 1.51 bits per heavy atom. The summed E-state index contributed by atoms with van der Waals surface area (Å²) in [7, 11) is 0. The first-order valence-electron chi connectivity index (χ1n) is 20.3. The number of hydrogen-bond donors (Lipinski definition) is 0. The minimum atomic E-state index is -0.0230. The van der Waals surface area contributed by atoms with Crippen LogP contribution >= 0.6 is 11.3 Å². The maximum absolute atomic E-state index is 14.8. The van der Waals surface area contributed by atoms with Crippen LogP contribution in [0.25, 0.3) is 11.4 Å². The van der Waals surface area contributed by atoms with Crippen molar-refractivity contribution in [2.45, 2.75) is 163 Å². The number of amides is 2. The summed E-state index contributed by atoms with van der Waals surface area (Å²) in [5.41, 5.74) is 2.68. The standard InChI is InChI=1S/C43H66N2O3S/c1-5-9-13-16-17-21-27-35(26-20-15-11-7-3)32-44-40(36-28-22-30-48-36)38-39(43(44)47)41(37-29-23-31-49-37)45(42(38)46)33-34(24-18-12-8-4)25-19-14-10-6-2/h22-23,28-31,34-35H,5-21,24-27,32-33H2,1-4H3. The largest absolute Gasteiger partial charge is 0.463 e. The van der Waals surface area contributed by atoms with E-state index in [9.17, 15) is 9.59 Å². The Balaban J connectivity index is 1.66. The van der Waals surface area contributed by atoms with Crippen molar-refractivity contribution in [1.82, 2.24) is 9.80 Å². The number of hydrogen-bond acceptors (Lipinski definition) is 4. The Morgan fingerprint density at radius 1 is 0.571 bits per heavy atom. The molecule has 2 aromatic rings. The molecule has 0 radical (unpaired) electrons. The molecule has 2 atom stereocenters. The second-order valence-corrected chi connectivity index (χ2v) is 15.7. The number of rotatable bonds is 27. The van der Waals surface area contributed by atoms with Gasteiger partial charge in [-0.05, 0) is 61.1 Å². The third-order valence-electron chi connectivity index (χ3n) is 10.7. The van der Waals surface area contributed by atoms with Gasteiger partial charge in [-0.15, -0.1) is 11.3 Å². The first kappa shape index (κ1) is 39.2. The highest BCUT2D eigenvalue weighted by molar-refractivity contribution is 7.11. The molecule has 6 heteroatoms. The summed E-state index contributed by atoms with van der Waals surface area (Å²) in [5.74, 6) is 1.41. The smallest absolute Gasteiger partial charge is 0.261 e. The van der Waals surface area contributed by atoms with Crippen molar-refractivity contribution < 1.29 is 14.0 Å². The van der Waals surface area contributed by atoms with Crippen molar-refractivity contribution in [1.29, 1.82) is 0 Å². The molecule has 4 rings (SSSR count). The normalized spacial score (nSPS) is 16.1. The summed E-state index contributed by atoms with van der Waals surface area (Å²) in [6.07, 6.45) is 27.2. The molecule has 2 amide bonds. The number of carbonyl (C=O) groups is 2. The zero-order valence-corrected chi connectivity index (χ0v) is 32.2. The summed E-state index contributed by atoms with van der Waals surface area (Å²) in [6, 6.07) is 7.93.